The summed E-state index contributed by atoms with van der Waals surface area (Å²) in [6.07, 6.45) is 2.26. The number of amides is 2. The second-order valence-corrected chi connectivity index (χ2v) is 16.4. The van der Waals surface area contributed by atoms with E-state index in [4.69, 9.17) is 5.10 Å². The predicted molar refractivity (Wildman–Crippen MR) is 186 cm³/mol. The molecule has 0 atom stereocenters. The van der Waals surface area contributed by atoms with Gasteiger partial charge in [-0.3, -0.25) is 5.32 Å². The molecular weight excluding hydrogens is 595 g/mol. The Labute approximate surface area is 274 Å². The van der Waals surface area contributed by atoms with E-state index in [0.29, 0.717) is 29.7 Å². The summed E-state index contributed by atoms with van der Waals surface area (Å²) < 4.78 is 30.2. The normalized spacial score (nSPS) is 15.1. The molecule has 9 heteroatoms. The van der Waals surface area contributed by atoms with E-state index in [1.54, 1.807) is 21.1 Å². The summed E-state index contributed by atoms with van der Waals surface area (Å²) in [5, 5.41) is 10.9. The topological polar surface area (TPSA) is 96.3 Å². The van der Waals surface area contributed by atoms with Crippen molar-refractivity contribution in [1.29, 1.82) is 0 Å². The lowest BCUT2D eigenvalue weighted by atomic mass is 9.87. The summed E-state index contributed by atoms with van der Waals surface area (Å²) >= 11 is 0. The highest BCUT2D eigenvalue weighted by Gasteiger charge is 2.30. The Hall–Kier alpha value is -3.95. The van der Waals surface area contributed by atoms with Gasteiger partial charge in [0.15, 0.2) is 0 Å². The number of para-hydroxylation sites is 1. The Morgan fingerprint density at radius 3 is 2.09 bits per heavy atom. The molecule has 1 aliphatic rings. The van der Waals surface area contributed by atoms with E-state index in [1.165, 1.54) is 0 Å². The monoisotopic (exact) mass is 641 g/mol. The summed E-state index contributed by atoms with van der Waals surface area (Å²) in [6.45, 7) is 15.6. The van der Waals surface area contributed by atoms with Crippen LogP contribution in [0.25, 0.3) is 5.69 Å². The zero-order chi connectivity index (χ0) is 33.3. The van der Waals surface area contributed by atoms with Crippen molar-refractivity contribution in [3.63, 3.8) is 0 Å². The molecule has 0 radical (unpaired) electrons. The number of hydrogen-bond donors (Lipinski definition) is 2. The van der Waals surface area contributed by atoms with Crippen LogP contribution in [0.2, 0.25) is 0 Å². The number of aromatic nitrogens is 2. The largest absolute Gasteiger partial charge is 0.324 e. The Morgan fingerprint density at radius 1 is 0.848 bits per heavy atom. The third-order valence-electron chi connectivity index (χ3n) is 8.70. The van der Waals surface area contributed by atoms with Crippen molar-refractivity contribution in [2.75, 3.05) is 23.7 Å². The Kier molecular flexibility index (Phi) is 9.47. The van der Waals surface area contributed by atoms with Crippen LogP contribution in [0, 0.1) is 12.8 Å². The van der Waals surface area contributed by atoms with E-state index >= 15 is 0 Å². The number of hydrogen-bond acceptors (Lipinski definition) is 4. The van der Waals surface area contributed by atoms with Crippen LogP contribution < -0.4 is 10.6 Å². The number of rotatable bonds is 7. The molecule has 1 fully saturated rings. The van der Waals surface area contributed by atoms with Crippen LogP contribution in [0.15, 0.2) is 83.8 Å². The molecule has 0 unspecified atom stereocenters. The molecule has 0 bridgehead atoms. The lowest BCUT2D eigenvalue weighted by Gasteiger charge is -2.31. The maximum absolute atomic E-state index is 13.4. The number of benzene rings is 3. The quantitative estimate of drug-likeness (QED) is 0.213. The van der Waals surface area contributed by atoms with Gasteiger partial charge in [0, 0.05) is 30.3 Å². The fourth-order valence-corrected chi connectivity index (χ4v) is 7.22. The molecule has 1 saturated heterocycles. The van der Waals surface area contributed by atoms with Crippen molar-refractivity contribution in [3.05, 3.63) is 101 Å². The van der Waals surface area contributed by atoms with Crippen LogP contribution in [0.3, 0.4) is 0 Å². The lowest BCUT2D eigenvalue weighted by Crippen LogP contribution is -2.39. The zero-order valence-corrected chi connectivity index (χ0v) is 28.9. The molecule has 0 saturated carbocycles. The first-order valence-corrected chi connectivity index (χ1v) is 17.5. The molecule has 0 aliphatic carbocycles. The van der Waals surface area contributed by atoms with Crippen molar-refractivity contribution in [3.8, 4) is 5.69 Å². The number of nitrogens with one attached hydrogen (secondary N) is 2. The van der Waals surface area contributed by atoms with E-state index in [2.05, 4.69) is 52.2 Å². The summed E-state index contributed by atoms with van der Waals surface area (Å²) in [5.41, 5.74) is 5.54. The number of carbonyl (C=O) groups excluding carboxylic acids is 1. The van der Waals surface area contributed by atoms with Gasteiger partial charge in [0.25, 0.3) is 0 Å². The maximum atomic E-state index is 13.4. The molecule has 0 spiro atoms. The molecular formula is C37H47N5O3S. The maximum Gasteiger partial charge on any atom is 0.324 e. The minimum atomic E-state index is -3.55. The fourth-order valence-electron chi connectivity index (χ4n) is 5.75. The Balaban J connectivity index is 1.24. The van der Waals surface area contributed by atoms with Crippen molar-refractivity contribution < 1.29 is 13.2 Å². The minimum absolute atomic E-state index is 0.0355. The van der Waals surface area contributed by atoms with E-state index in [1.807, 2.05) is 73.7 Å². The average molecular weight is 642 g/mol. The van der Waals surface area contributed by atoms with Gasteiger partial charge in [-0.05, 0) is 79.0 Å². The van der Waals surface area contributed by atoms with Crippen LogP contribution >= 0.6 is 0 Å². The van der Waals surface area contributed by atoms with E-state index in [9.17, 15) is 13.2 Å². The van der Waals surface area contributed by atoms with Crippen LogP contribution in [0.5, 0.6) is 0 Å². The van der Waals surface area contributed by atoms with Gasteiger partial charge in [-0.25, -0.2) is 17.9 Å². The van der Waals surface area contributed by atoms with Gasteiger partial charge in [0.05, 0.1) is 16.3 Å². The van der Waals surface area contributed by atoms with Crippen LogP contribution in [0.4, 0.5) is 16.3 Å². The van der Waals surface area contributed by atoms with Gasteiger partial charge in [-0.15, -0.1) is 0 Å². The molecule has 46 heavy (non-hydrogen) atoms. The highest BCUT2D eigenvalue weighted by molar-refractivity contribution is 7.89. The van der Waals surface area contributed by atoms with Gasteiger partial charge < -0.3 is 5.32 Å². The molecule has 2 heterocycles. The van der Waals surface area contributed by atoms with Crippen molar-refractivity contribution in [1.82, 2.24) is 14.1 Å². The van der Waals surface area contributed by atoms with Crippen LogP contribution in [-0.2, 0) is 27.3 Å². The highest BCUT2D eigenvalue weighted by Crippen LogP contribution is 2.31. The number of aryl methyl sites for hydroxylation is 1. The molecule has 3 aromatic carbocycles. The van der Waals surface area contributed by atoms with Crippen molar-refractivity contribution in [2.24, 2.45) is 5.92 Å². The van der Waals surface area contributed by atoms with Gasteiger partial charge in [0.1, 0.15) is 5.82 Å². The minimum Gasteiger partial charge on any atom is -0.307 e. The van der Waals surface area contributed by atoms with Gasteiger partial charge in [-0.1, -0.05) is 89.6 Å². The molecule has 8 nitrogen and oxygen atoms in total. The summed E-state index contributed by atoms with van der Waals surface area (Å²) in [4.78, 5) is 13.7. The smallest absolute Gasteiger partial charge is 0.307 e. The molecule has 1 aromatic heterocycles. The Morgan fingerprint density at radius 2 is 1.48 bits per heavy atom. The lowest BCUT2D eigenvalue weighted by molar-refractivity contribution is 0.261. The number of urea groups is 1. The first-order valence-electron chi connectivity index (χ1n) is 16.1. The van der Waals surface area contributed by atoms with Crippen LogP contribution in [0.1, 0.15) is 76.8 Å². The second kappa shape index (κ2) is 13.0. The SMILES string of the molecule is Cc1ccc(-n2nc(C(C)(C)C)cc2NC(=O)Nc2ccccc2CC2CCN(S(=O)(=O)c3ccc(C(C)(C)C)cc3)CC2)cc1. The van der Waals surface area contributed by atoms with Crippen molar-refractivity contribution in [2.45, 2.75) is 83.5 Å². The van der Waals surface area contributed by atoms with Crippen LogP contribution in [-0.4, -0.2) is 41.6 Å². The first-order chi connectivity index (χ1) is 21.6. The molecule has 244 valence electrons. The summed E-state index contributed by atoms with van der Waals surface area (Å²) in [6, 6.07) is 24.7. The number of nitrogens with zero attached hydrogens (tertiary/aromatic N) is 3. The molecule has 2 amide bonds. The molecule has 4 aromatic rings. The fraction of sp³-hybridized carbons (Fsp3) is 0.405. The highest BCUT2D eigenvalue weighted by atomic mass is 32.2. The Bertz CT molecular complexity index is 1770. The van der Waals surface area contributed by atoms with E-state index in [-0.39, 0.29) is 16.9 Å². The summed E-state index contributed by atoms with van der Waals surface area (Å²) in [5.74, 6) is 0.892. The number of anilines is 2. The van der Waals surface area contributed by atoms with Gasteiger partial charge in [-0.2, -0.15) is 9.40 Å². The third kappa shape index (κ3) is 7.70. The number of piperidine rings is 1. The standard InChI is InChI=1S/C37H47N5O3S/c1-26-12-16-30(17-13-26)42-34(25-33(40-42)37(5,6)7)39-35(43)38-32-11-9-8-10-28(32)24-27-20-22-41(23-21-27)46(44,45)31-18-14-29(15-19-31)36(2,3)4/h8-19,25,27H,20-24H2,1-7H3,(H2,38,39,43). The first kappa shape index (κ1) is 33.4. The van der Waals surface area contributed by atoms with Crippen molar-refractivity contribution >= 4 is 27.6 Å². The second-order valence-electron chi connectivity index (χ2n) is 14.5. The number of sulfonamides is 1. The van der Waals surface area contributed by atoms with Gasteiger partial charge in [0.2, 0.25) is 10.0 Å². The molecule has 5 rings (SSSR count). The predicted octanol–water partition coefficient (Wildman–Crippen LogP) is 8.06. The van der Waals surface area contributed by atoms with E-state index in [0.717, 1.165) is 53.0 Å². The average Bonchev–Trinajstić information content (AvgIpc) is 3.43. The van der Waals surface area contributed by atoms with Gasteiger partial charge >= 0.3 is 6.03 Å². The summed E-state index contributed by atoms with van der Waals surface area (Å²) in [7, 11) is -3.55. The molecule has 2 N–H and O–H groups in total. The third-order valence-corrected chi connectivity index (χ3v) is 10.6. The molecule has 1 aliphatic heterocycles. The zero-order valence-electron chi connectivity index (χ0n) is 28.1. The van der Waals surface area contributed by atoms with E-state index < -0.39 is 10.0 Å². The number of carbonyl (C=O) groups is 1.